The predicted octanol–water partition coefficient (Wildman–Crippen LogP) is 4.90. The minimum atomic E-state index is 1.16. The van der Waals surface area contributed by atoms with E-state index in [0.717, 1.165) is 6.42 Å². The summed E-state index contributed by atoms with van der Waals surface area (Å²) in [5.74, 6) is 0. The highest BCUT2D eigenvalue weighted by molar-refractivity contribution is 5.29. The van der Waals surface area contributed by atoms with Crippen molar-refractivity contribution >= 4 is 0 Å². The van der Waals surface area contributed by atoms with Gasteiger partial charge in [-0.2, -0.15) is 0 Å². The van der Waals surface area contributed by atoms with Gasteiger partial charge in [0.05, 0.1) is 0 Å². The highest BCUT2D eigenvalue weighted by atomic mass is 14.0. The van der Waals surface area contributed by atoms with Gasteiger partial charge in [0.25, 0.3) is 0 Å². The molecular formula is C16H20. The predicted molar refractivity (Wildman–Crippen MR) is 73.3 cm³/mol. The second-order valence-corrected chi connectivity index (χ2v) is 3.74. The van der Waals surface area contributed by atoms with Gasteiger partial charge in [0.15, 0.2) is 0 Å². The van der Waals surface area contributed by atoms with Gasteiger partial charge in [-0.15, -0.1) is 0 Å². The van der Waals surface area contributed by atoms with E-state index >= 15 is 0 Å². The molecule has 0 bridgehead atoms. The fraction of sp³-hybridized carbons (Fsp3) is 0.250. The fourth-order valence-electron chi connectivity index (χ4n) is 1.41. The van der Waals surface area contributed by atoms with Crippen molar-refractivity contribution in [2.75, 3.05) is 0 Å². The SMILES string of the molecule is CCCCC1=CC=CC=CC=CC=CC=C1. The average molecular weight is 212 g/mol. The molecule has 0 radical (unpaired) electrons. The van der Waals surface area contributed by atoms with Crippen LogP contribution in [0.15, 0.2) is 72.4 Å². The lowest BCUT2D eigenvalue weighted by Crippen LogP contribution is -1.78. The molecule has 84 valence electrons. The third kappa shape index (κ3) is 6.02. The summed E-state index contributed by atoms with van der Waals surface area (Å²) < 4.78 is 0. The second kappa shape index (κ2) is 8.72. The van der Waals surface area contributed by atoms with Gasteiger partial charge in [0.2, 0.25) is 0 Å². The fourth-order valence-corrected chi connectivity index (χ4v) is 1.41. The zero-order valence-corrected chi connectivity index (χ0v) is 9.97. The minimum Gasteiger partial charge on any atom is -0.0654 e. The Morgan fingerprint density at radius 1 is 0.750 bits per heavy atom. The highest BCUT2D eigenvalue weighted by Gasteiger charge is 1.89. The van der Waals surface area contributed by atoms with E-state index in [0.29, 0.717) is 0 Å². The normalized spacial score (nSPS) is 15.7. The number of allylic oxidation sites excluding steroid dienone is 12. The maximum Gasteiger partial charge on any atom is -0.0279 e. The van der Waals surface area contributed by atoms with E-state index in [1.165, 1.54) is 18.4 Å². The first-order valence-corrected chi connectivity index (χ1v) is 5.97. The second-order valence-electron chi connectivity index (χ2n) is 3.74. The maximum absolute atomic E-state index is 2.23. The number of rotatable bonds is 3. The average Bonchev–Trinajstić information content (AvgIpc) is 2.28. The van der Waals surface area contributed by atoms with Crippen LogP contribution in [0, 0.1) is 0 Å². The first-order valence-electron chi connectivity index (χ1n) is 5.97. The molecule has 0 heteroatoms. The van der Waals surface area contributed by atoms with E-state index in [9.17, 15) is 0 Å². The number of unbranched alkanes of at least 4 members (excludes halogenated alkanes) is 1. The maximum atomic E-state index is 2.23. The van der Waals surface area contributed by atoms with Crippen molar-refractivity contribution in [3.05, 3.63) is 72.4 Å². The monoisotopic (exact) mass is 212 g/mol. The molecule has 0 saturated carbocycles. The molecule has 1 aliphatic carbocycles. The molecule has 0 aromatic carbocycles. The van der Waals surface area contributed by atoms with Crippen molar-refractivity contribution in [2.24, 2.45) is 0 Å². The molecule has 0 N–H and O–H groups in total. The molecule has 0 atom stereocenters. The van der Waals surface area contributed by atoms with Gasteiger partial charge in [-0.25, -0.2) is 0 Å². The van der Waals surface area contributed by atoms with Gasteiger partial charge < -0.3 is 0 Å². The molecule has 0 unspecified atom stereocenters. The molecule has 0 heterocycles. The molecule has 0 amide bonds. The Hall–Kier alpha value is -1.56. The zero-order valence-electron chi connectivity index (χ0n) is 9.97. The Bertz CT molecular complexity index is 346. The lowest BCUT2D eigenvalue weighted by atomic mass is 10.1. The third-order valence-electron chi connectivity index (χ3n) is 2.33. The highest BCUT2D eigenvalue weighted by Crippen LogP contribution is 2.09. The molecule has 0 fully saturated rings. The van der Waals surface area contributed by atoms with Gasteiger partial charge >= 0.3 is 0 Å². The molecule has 0 aliphatic heterocycles. The lowest BCUT2D eigenvalue weighted by molar-refractivity contribution is 0.798. The lowest BCUT2D eigenvalue weighted by Gasteiger charge is -1.98. The van der Waals surface area contributed by atoms with Gasteiger partial charge in [-0.05, 0) is 18.4 Å². The van der Waals surface area contributed by atoms with Gasteiger partial charge in [0.1, 0.15) is 0 Å². The number of hydrogen-bond donors (Lipinski definition) is 0. The smallest absolute Gasteiger partial charge is 0.0279 e. The quantitative estimate of drug-likeness (QED) is 0.624. The first kappa shape index (κ1) is 12.5. The summed E-state index contributed by atoms with van der Waals surface area (Å²) >= 11 is 0. The molecule has 0 nitrogen and oxygen atoms in total. The van der Waals surface area contributed by atoms with Crippen LogP contribution in [-0.2, 0) is 0 Å². The topological polar surface area (TPSA) is 0 Å². The van der Waals surface area contributed by atoms with Gasteiger partial charge in [0, 0.05) is 0 Å². The van der Waals surface area contributed by atoms with Gasteiger partial charge in [-0.3, -0.25) is 0 Å². The zero-order chi connectivity index (χ0) is 11.5. The standard InChI is InChI=1S/C16H20/c1-2-3-13-16-14-11-9-7-5-4-6-8-10-12-15-16/h4-12,14-15H,2-3,13H2,1H3. The van der Waals surface area contributed by atoms with Crippen LogP contribution in [0.25, 0.3) is 0 Å². The van der Waals surface area contributed by atoms with E-state index in [1.807, 2.05) is 30.4 Å². The molecule has 16 heavy (non-hydrogen) atoms. The number of hydrogen-bond acceptors (Lipinski definition) is 0. The van der Waals surface area contributed by atoms with Crippen molar-refractivity contribution in [1.82, 2.24) is 0 Å². The Morgan fingerprint density at radius 2 is 1.31 bits per heavy atom. The van der Waals surface area contributed by atoms with Crippen molar-refractivity contribution in [3.63, 3.8) is 0 Å². The van der Waals surface area contributed by atoms with E-state index in [2.05, 4.69) is 43.4 Å². The molecule has 0 aromatic rings. The third-order valence-corrected chi connectivity index (χ3v) is 2.33. The first-order chi connectivity index (χ1) is 7.93. The molecule has 1 rings (SSSR count). The van der Waals surface area contributed by atoms with Crippen LogP contribution >= 0.6 is 0 Å². The van der Waals surface area contributed by atoms with Gasteiger partial charge in [-0.1, -0.05) is 80.2 Å². The largest absolute Gasteiger partial charge is 0.0654 e. The molecule has 1 aliphatic rings. The summed E-state index contributed by atoms with van der Waals surface area (Å²) in [7, 11) is 0. The van der Waals surface area contributed by atoms with E-state index in [-0.39, 0.29) is 0 Å². The van der Waals surface area contributed by atoms with Crippen molar-refractivity contribution in [1.29, 1.82) is 0 Å². The van der Waals surface area contributed by atoms with Crippen LogP contribution in [0.4, 0.5) is 0 Å². The summed E-state index contributed by atoms with van der Waals surface area (Å²) in [5, 5.41) is 0. The van der Waals surface area contributed by atoms with Crippen molar-refractivity contribution in [3.8, 4) is 0 Å². The molecule has 0 aromatic heterocycles. The van der Waals surface area contributed by atoms with E-state index in [1.54, 1.807) is 0 Å². The Morgan fingerprint density at radius 3 is 1.94 bits per heavy atom. The summed E-state index contributed by atoms with van der Waals surface area (Å²) in [6.45, 7) is 2.23. The van der Waals surface area contributed by atoms with Crippen LogP contribution in [0.2, 0.25) is 0 Å². The Labute approximate surface area is 99.1 Å². The molecule has 0 spiro atoms. The van der Waals surface area contributed by atoms with Crippen LogP contribution < -0.4 is 0 Å². The minimum absolute atomic E-state index is 1.16. The van der Waals surface area contributed by atoms with Crippen molar-refractivity contribution < 1.29 is 0 Å². The van der Waals surface area contributed by atoms with E-state index in [4.69, 9.17) is 0 Å². The Kier molecular flexibility index (Phi) is 6.82. The summed E-state index contributed by atoms with van der Waals surface area (Å²) in [6, 6.07) is 0. The van der Waals surface area contributed by atoms with Crippen LogP contribution in [0.1, 0.15) is 26.2 Å². The summed E-state index contributed by atoms with van der Waals surface area (Å²) in [5.41, 5.74) is 1.39. The molecular weight excluding hydrogens is 192 g/mol. The van der Waals surface area contributed by atoms with Crippen LogP contribution in [0.5, 0.6) is 0 Å². The summed E-state index contributed by atoms with van der Waals surface area (Å²) in [6.07, 6.45) is 26.6. The van der Waals surface area contributed by atoms with E-state index < -0.39 is 0 Å². The summed E-state index contributed by atoms with van der Waals surface area (Å²) in [4.78, 5) is 0. The Balaban J connectivity index is 2.71. The molecule has 0 saturated heterocycles. The van der Waals surface area contributed by atoms with Crippen molar-refractivity contribution in [2.45, 2.75) is 26.2 Å². The van der Waals surface area contributed by atoms with Crippen LogP contribution in [0.3, 0.4) is 0 Å². The van der Waals surface area contributed by atoms with Crippen LogP contribution in [-0.4, -0.2) is 0 Å².